The number of nitrogens with zero attached hydrogens (tertiary/aromatic N) is 1. The number of rotatable bonds is 6. The summed E-state index contributed by atoms with van der Waals surface area (Å²) in [7, 11) is 0. The molecule has 8 nitrogen and oxygen atoms in total. The van der Waals surface area contributed by atoms with Crippen LogP contribution in [0.15, 0.2) is 82.6 Å². The Hall–Kier alpha value is -4.36. The number of carbonyl (C=O) groups is 3. The lowest BCUT2D eigenvalue weighted by Gasteiger charge is -2.43. The van der Waals surface area contributed by atoms with Crippen LogP contribution in [-0.2, 0) is 20.6 Å². The first-order chi connectivity index (χ1) is 23.0. The van der Waals surface area contributed by atoms with Crippen LogP contribution in [0.2, 0.25) is 0 Å². The van der Waals surface area contributed by atoms with Gasteiger partial charge in [0.1, 0.15) is 5.75 Å². The molecule has 1 aromatic heterocycles. The minimum absolute atomic E-state index is 0.0519. The molecule has 0 spiro atoms. The highest BCUT2D eigenvalue weighted by Gasteiger charge is 2.69. The summed E-state index contributed by atoms with van der Waals surface area (Å²) in [5, 5.41) is 2.99. The smallest absolute Gasteiger partial charge is 0.418 e. The largest absolute Gasteiger partial charge is 0.483 e. The summed E-state index contributed by atoms with van der Waals surface area (Å²) in [6, 6.07) is 19.2. The third-order valence-electron chi connectivity index (χ3n) is 10.1. The number of fused-ring (bicyclic) bond motifs is 9. The van der Waals surface area contributed by atoms with Gasteiger partial charge in [-0.05, 0) is 61.4 Å². The third-order valence-corrected chi connectivity index (χ3v) is 12.7. The minimum Gasteiger partial charge on any atom is -0.483 e. The van der Waals surface area contributed by atoms with Crippen LogP contribution in [-0.4, -0.2) is 34.6 Å². The zero-order valence-electron chi connectivity index (χ0n) is 25.3. The van der Waals surface area contributed by atoms with Crippen molar-refractivity contribution in [3.63, 3.8) is 0 Å². The standard InChI is InChI=1S/C35H28F3N3O5S2/c1-16-10-12-17(13-11-16)41-32(43)27-19-14-20(28(27)33(41)44)29-26(19)25(30-31(47-29)40-34(45)48-30)18-6-2-5-9-23(18)46-15-24(42)39-22-8-4-3-7-21(22)35(36,37)38/h2-13,19-20,25-29H,14-15H2,1H3,(H,39,42)(H,40,45)/t19-,20-,25+,26-,27+,28+,29-/m1/s1. The molecule has 0 radical (unpaired) electrons. The molecular weight excluding hydrogens is 664 g/mol. The molecule has 3 heterocycles. The Morgan fingerprint density at radius 1 is 0.958 bits per heavy atom. The van der Waals surface area contributed by atoms with Gasteiger partial charge in [-0.1, -0.05) is 59.4 Å². The van der Waals surface area contributed by atoms with E-state index in [1.807, 2.05) is 31.2 Å². The number of amides is 3. The fourth-order valence-corrected chi connectivity index (χ4v) is 11.2. The van der Waals surface area contributed by atoms with Crippen molar-refractivity contribution in [2.45, 2.75) is 35.7 Å². The summed E-state index contributed by atoms with van der Waals surface area (Å²) in [6.07, 6.45) is -3.94. The highest BCUT2D eigenvalue weighted by molar-refractivity contribution is 8.00. The van der Waals surface area contributed by atoms with E-state index in [0.717, 1.165) is 32.9 Å². The number of aromatic nitrogens is 1. The van der Waals surface area contributed by atoms with Crippen LogP contribution in [0, 0.1) is 36.5 Å². The van der Waals surface area contributed by atoms with Crippen molar-refractivity contribution < 1.29 is 32.3 Å². The van der Waals surface area contributed by atoms with Crippen molar-refractivity contribution in [2.75, 3.05) is 16.8 Å². The molecule has 3 amide bonds. The van der Waals surface area contributed by atoms with Crippen LogP contribution in [0.4, 0.5) is 24.5 Å². The average Bonchev–Trinajstić information content (AvgIpc) is 3.79. The van der Waals surface area contributed by atoms with Crippen molar-refractivity contribution in [1.29, 1.82) is 0 Å². The summed E-state index contributed by atoms with van der Waals surface area (Å²) >= 11 is 2.66. The second kappa shape index (κ2) is 11.4. The number of hydrogen-bond donors (Lipinski definition) is 2. The van der Waals surface area contributed by atoms with Crippen LogP contribution in [0.25, 0.3) is 0 Å². The number of carbonyl (C=O) groups excluding carboxylic acids is 3. The van der Waals surface area contributed by atoms with Crippen LogP contribution in [0.1, 0.15) is 33.9 Å². The Kier molecular flexibility index (Phi) is 7.33. The number of thiazole rings is 1. The molecular formula is C35H28F3N3O5S2. The highest BCUT2D eigenvalue weighted by atomic mass is 32.2. The molecule has 2 aliphatic heterocycles. The number of thioether (sulfide) groups is 1. The van der Waals surface area contributed by atoms with Gasteiger partial charge in [-0.15, -0.1) is 11.8 Å². The third kappa shape index (κ3) is 4.89. The van der Waals surface area contributed by atoms with Gasteiger partial charge >= 0.3 is 11.0 Å². The molecule has 3 aromatic carbocycles. The number of hydrogen-bond acceptors (Lipinski definition) is 7. The van der Waals surface area contributed by atoms with Gasteiger partial charge in [0.05, 0.1) is 33.8 Å². The van der Waals surface area contributed by atoms with Crippen LogP contribution in [0.5, 0.6) is 5.75 Å². The number of anilines is 2. The quantitative estimate of drug-likeness (QED) is 0.225. The summed E-state index contributed by atoms with van der Waals surface area (Å²) in [5.41, 5.74) is 0.967. The molecule has 8 rings (SSSR count). The molecule has 4 aliphatic rings. The Balaban J connectivity index is 1.11. The molecule has 3 fully saturated rings. The number of benzene rings is 3. The number of nitrogens with one attached hydrogen (secondary N) is 2. The topological polar surface area (TPSA) is 109 Å². The number of alkyl halides is 3. The number of H-pyrrole nitrogens is 1. The monoisotopic (exact) mass is 691 g/mol. The fourth-order valence-electron chi connectivity index (χ4n) is 8.35. The van der Waals surface area contributed by atoms with Gasteiger partial charge in [0.2, 0.25) is 11.8 Å². The van der Waals surface area contributed by atoms with Crippen LogP contribution >= 0.6 is 23.1 Å². The van der Waals surface area contributed by atoms with E-state index in [-0.39, 0.29) is 51.3 Å². The Morgan fingerprint density at radius 2 is 1.65 bits per heavy atom. The number of para-hydroxylation sites is 2. The summed E-state index contributed by atoms with van der Waals surface area (Å²) in [6.45, 7) is 1.39. The van der Waals surface area contributed by atoms with Gasteiger partial charge in [0, 0.05) is 21.6 Å². The maximum Gasteiger partial charge on any atom is 0.418 e. The van der Waals surface area contributed by atoms with E-state index in [9.17, 15) is 32.3 Å². The molecule has 2 aliphatic carbocycles. The van der Waals surface area contributed by atoms with Crippen LogP contribution in [0.3, 0.4) is 0 Å². The van der Waals surface area contributed by atoms with E-state index in [2.05, 4.69) is 10.3 Å². The molecule has 4 aromatic rings. The summed E-state index contributed by atoms with van der Waals surface area (Å²) in [5.74, 6) is -2.39. The predicted molar refractivity (Wildman–Crippen MR) is 174 cm³/mol. The Morgan fingerprint density at radius 3 is 2.40 bits per heavy atom. The van der Waals surface area contributed by atoms with Gasteiger partial charge < -0.3 is 15.0 Å². The van der Waals surface area contributed by atoms with Crippen molar-refractivity contribution >= 4 is 52.2 Å². The molecule has 2 N–H and O–H groups in total. The van der Waals surface area contributed by atoms with Crippen molar-refractivity contribution in [3.05, 3.63) is 104 Å². The maximum atomic E-state index is 14.0. The summed E-state index contributed by atoms with van der Waals surface area (Å²) in [4.78, 5) is 58.4. The van der Waals surface area contributed by atoms with Gasteiger partial charge in [-0.2, -0.15) is 13.2 Å². The van der Waals surface area contributed by atoms with Gasteiger partial charge in [-0.3, -0.25) is 24.1 Å². The minimum atomic E-state index is -4.65. The van der Waals surface area contributed by atoms with Crippen molar-refractivity contribution in [1.82, 2.24) is 4.98 Å². The first-order valence-electron chi connectivity index (χ1n) is 15.5. The molecule has 13 heteroatoms. The molecule has 2 bridgehead atoms. The van der Waals surface area contributed by atoms with Crippen LogP contribution < -0.4 is 19.8 Å². The molecule has 7 atom stereocenters. The van der Waals surface area contributed by atoms with Gasteiger partial charge in [0.25, 0.3) is 5.91 Å². The fraction of sp³-hybridized carbons (Fsp3) is 0.314. The number of ether oxygens (including phenoxy) is 1. The second-order valence-corrected chi connectivity index (χ2v) is 14.9. The molecule has 246 valence electrons. The van der Waals surface area contributed by atoms with E-state index in [4.69, 9.17) is 4.74 Å². The van der Waals surface area contributed by atoms with Gasteiger partial charge in [-0.25, -0.2) is 0 Å². The van der Waals surface area contributed by atoms with E-state index >= 15 is 0 Å². The maximum absolute atomic E-state index is 14.0. The second-order valence-electron chi connectivity index (χ2n) is 12.7. The Bertz CT molecular complexity index is 2030. The number of imide groups is 1. The first kappa shape index (κ1) is 30.9. The lowest BCUT2D eigenvalue weighted by molar-refractivity contribution is -0.137. The number of aromatic amines is 1. The Labute approximate surface area is 280 Å². The molecule has 1 saturated heterocycles. The van der Waals surface area contributed by atoms with E-state index < -0.39 is 36.1 Å². The first-order valence-corrected chi connectivity index (χ1v) is 17.2. The van der Waals surface area contributed by atoms with E-state index in [0.29, 0.717) is 23.4 Å². The van der Waals surface area contributed by atoms with E-state index in [1.54, 1.807) is 36.0 Å². The molecule has 0 unspecified atom stereocenters. The van der Waals surface area contributed by atoms with E-state index in [1.165, 1.54) is 23.1 Å². The van der Waals surface area contributed by atoms with Crippen molar-refractivity contribution in [3.8, 4) is 5.75 Å². The zero-order chi connectivity index (χ0) is 33.5. The predicted octanol–water partition coefficient (Wildman–Crippen LogP) is 6.46. The zero-order valence-corrected chi connectivity index (χ0v) is 27.0. The lowest BCUT2D eigenvalue weighted by atomic mass is 9.68. The number of aryl methyl sites for hydroxylation is 1. The van der Waals surface area contributed by atoms with Crippen molar-refractivity contribution in [2.24, 2.45) is 29.6 Å². The summed E-state index contributed by atoms with van der Waals surface area (Å²) < 4.78 is 46.5. The molecule has 48 heavy (non-hydrogen) atoms. The van der Waals surface area contributed by atoms with Gasteiger partial charge in [0.15, 0.2) is 6.61 Å². The SMILES string of the molecule is Cc1ccc(N2C(=O)[C@H]3[C@H]4C[C@@H]([C@@H]3C2=O)[C@@H]2[C@H](c3ccccc3OCC(=O)Nc3ccccc3C(F)(F)F)c3sc(=O)[nH]c3S[C@H]42)cc1. The highest BCUT2D eigenvalue weighted by Crippen LogP contribution is 2.69. The normalized spacial score (nSPS) is 27.1. The number of halogens is 3. The molecule has 2 saturated carbocycles. The average molecular weight is 692 g/mol. The lowest BCUT2D eigenvalue weighted by Crippen LogP contribution is -2.42.